The van der Waals surface area contributed by atoms with E-state index in [0.717, 1.165) is 17.0 Å². The van der Waals surface area contributed by atoms with Gasteiger partial charge in [-0.3, -0.25) is 0 Å². The first-order chi connectivity index (χ1) is 6.17. The molecule has 65 valence electrons. The minimum Gasteiger partial charge on any atom is -0.115 e. The van der Waals surface area contributed by atoms with E-state index >= 15 is 0 Å². The van der Waals surface area contributed by atoms with Crippen molar-refractivity contribution in [3.63, 3.8) is 0 Å². The Labute approximate surface area is 84.2 Å². The Kier molecular flexibility index (Phi) is 3.17. The molecule has 0 unspecified atom stereocenters. The highest BCUT2D eigenvalue weighted by Gasteiger charge is 2.03. The monoisotopic (exact) mass is 189 g/mol. The number of allylic oxidation sites excluding steroid dienone is 1. The van der Waals surface area contributed by atoms with E-state index in [1.807, 2.05) is 19.1 Å². The molecule has 0 N–H and O–H groups in total. The highest BCUT2D eigenvalue weighted by Crippen LogP contribution is 2.21. The Bertz CT molecular complexity index is 358. The molecule has 0 spiro atoms. The number of terminal acetylenes is 1. The largest absolute Gasteiger partial charge is 0.115 e. The van der Waals surface area contributed by atoms with Crippen molar-refractivity contribution >= 4 is 11.6 Å². The molecule has 0 aliphatic heterocycles. The average molecular weight is 190 g/mol. The zero-order valence-electron chi connectivity index (χ0n) is 7.47. The molecule has 0 saturated heterocycles. The van der Waals surface area contributed by atoms with Crippen molar-refractivity contribution in [3.05, 3.63) is 52.9 Å². The van der Waals surface area contributed by atoms with Crippen molar-refractivity contribution in [2.45, 2.75) is 6.92 Å². The van der Waals surface area contributed by atoms with Crippen molar-refractivity contribution in [2.24, 2.45) is 0 Å². The van der Waals surface area contributed by atoms with Crippen LogP contribution in [0.5, 0.6) is 0 Å². The third-order valence-corrected chi connectivity index (χ3v) is 2.04. The van der Waals surface area contributed by atoms with E-state index in [0.29, 0.717) is 5.02 Å². The van der Waals surface area contributed by atoms with Gasteiger partial charge in [0, 0.05) is 16.5 Å². The van der Waals surface area contributed by atoms with Gasteiger partial charge in [-0.05, 0) is 23.8 Å². The normalized spacial score (nSPS) is 9.69. The lowest BCUT2D eigenvalue weighted by atomic mass is 9.99. The fourth-order valence-electron chi connectivity index (χ4n) is 1.02. The average Bonchev–Trinajstić information content (AvgIpc) is 2.15. The van der Waals surface area contributed by atoms with Gasteiger partial charge in [-0.25, -0.2) is 0 Å². The first kappa shape index (κ1) is 9.89. The summed E-state index contributed by atoms with van der Waals surface area (Å²) >= 11 is 5.89. The summed E-state index contributed by atoms with van der Waals surface area (Å²) in [4.78, 5) is 0. The van der Waals surface area contributed by atoms with E-state index in [-0.39, 0.29) is 0 Å². The van der Waals surface area contributed by atoms with Gasteiger partial charge in [0.15, 0.2) is 0 Å². The summed E-state index contributed by atoms with van der Waals surface area (Å²) in [6.07, 6.45) is 7.07. The van der Waals surface area contributed by atoms with E-state index in [9.17, 15) is 0 Å². The molecule has 0 atom stereocenters. The topological polar surface area (TPSA) is 0 Å². The van der Waals surface area contributed by atoms with Crippen LogP contribution in [0.25, 0.3) is 0 Å². The maximum absolute atomic E-state index is 5.89. The van der Waals surface area contributed by atoms with Gasteiger partial charge in [-0.2, -0.15) is 0 Å². The van der Waals surface area contributed by atoms with Crippen LogP contribution in [0.15, 0.2) is 30.9 Å². The molecule has 0 saturated carbocycles. The van der Waals surface area contributed by atoms with E-state index in [2.05, 4.69) is 12.5 Å². The van der Waals surface area contributed by atoms with Crippen molar-refractivity contribution in [1.29, 1.82) is 0 Å². The second kappa shape index (κ2) is 4.16. The highest BCUT2D eigenvalue weighted by atomic mass is 35.5. The van der Waals surface area contributed by atoms with Crippen molar-refractivity contribution in [1.82, 2.24) is 0 Å². The third kappa shape index (κ3) is 2.37. The minimum atomic E-state index is 0.659. The van der Waals surface area contributed by atoms with Gasteiger partial charge < -0.3 is 0 Å². The number of halogens is 1. The summed E-state index contributed by atoms with van der Waals surface area (Å²) in [7, 11) is 0. The molecule has 13 heavy (non-hydrogen) atoms. The first-order valence-corrected chi connectivity index (χ1v) is 4.28. The molecule has 0 nitrogen and oxygen atoms in total. The molecule has 0 aliphatic rings. The zero-order valence-corrected chi connectivity index (χ0v) is 8.23. The molecule has 1 heteroatoms. The summed E-state index contributed by atoms with van der Waals surface area (Å²) in [5.41, 5.74) is 1.82. The lowest BCUT2D eigenvalue weighted by Crippen LogP contribution is -1.90. The smallest absolute Gasteiger partial charge is 0.0421 e. The van der Waals surface area contributed by atoms with Crippen LogP contribution in [-0.4, -0.2) is 0 Å². The standard InChI is InChI=1S/C12H10Cl/c1-4-9(3)11-6-10(5-2)7-12(13)8-11/h2,4,6-8H,1H2,3H3. The first-order valence-electron chi connectivity index (χ1n) is 3.91. The Morgan fingerprint density at radius 1 is 1.54 bits per heavy atom. The Morgan fingerprint density at radius 2 is 2.23 bits per heavy atom. The summed E-state index contributed by atoms with van der Waals surface area (Å²) in [6.45, 7) is 5.66. The predicted octanol–water partition coefficient (Wildman–Crippen LogP) is 3.45. The molecule has 1 rings (SSSR count). The lowest BCUT2D eigenvalue weighted by Gasteiger charge is -2.06. The minimum absolute atomic E-state index is 0.659. The van der Waals surface area contributed by atoms with Crippen LogP contribution in [0.2, 0.25) is 5.02 Å². The number of hydrogen-bond acceptors (Lipinski definition) is 0. The fourth-order valence-corrected chi connectivity index (χ4v) is 1.25. The van der Waals surface area contributed by atoms with E-state index in [1.165, 1.54) is 0 Å². The van der Waals surface area contributed by atoms with Crippen LogP contribution in [0.4, 0.5) is 0 Å². The van der Waals surface area contributed by atoms with Gasteiger partial charge in [0.25, 0.3) is 0 Å². The Balaban J connectivity index is 3.17. The van der Waals surface area contributed by atoms with Crippen LogP contribution in [0.1, 0.15) is 18.1 Å². The molecule has 1 aromatic rings. The molecule has 1 radical (unpaired) electrons. The molecular weight excluding hydrogens is 180 g/mol. The molecule has 0 bridgehead atoms. The van der Waals surface area contributed by atoms with Gasteiger partial charge >= 0.3 is 0 Å². The van der Waals surface area contributed by atoms with Crippen LogP contribution in [0, 0.1) is 18.3 Å². The van der Waals surface area contributed by atoms with Crippen molar-refractivity contribution in [2.75, 3.05) is 0 Å². The fraction of sp³-hybridized carbons (Fsp3) is 0.0833. The van der Waals surface area contributed by atoms with E-state index in [4.69, 9.17) is 18.0 Å². The SMILES string of the molecule is C#Cc1cc(Cl)cc([C](C)C=C)c1. The summed E-state index contributed by atoms with van der Waals surface area (Å²) in [6, 6.07) is 5.56. The number of rotatable bonds is 2. The van der Waals surface area contributed by atoms with Crippen LogP contribution >= 0.6 is 11.6 Å². The number of hydrogen-bond donors (Lipinski definition) is 0. The quantitative estimate of drug-likeness (QED) is 0.626. The van der Waals surface area contributed by atoms with Gasteiger partial charge in [0.2, 0.25) is 0 Å². The van der Waals surface area contributed by atoms with Crippen LogP contribution in [0.3, 0.4) is 0 Å². The second-order valence-corrected chi connectivity index (χ2v) is 3.20. The third-order valence-electron chi connectivity index (χ3n) is 1.83. The van der Waals surface area contributed by atoms with Crippen LogP contribution in [-0.2, 0) is 0 Å². The predicted molar refractivity (Wildman–Crippen MR) is 57.6 cm³/mol. The summed E-state index contributed by atoms with van der Waals surface area (Å²) in [5, 5.41) is 0.659. The molecule has 0 aliphatic carbocycles. The molecule has 1 aromatic carbocycles. The Morgan fingerprint density at radius 3 is 2.77 bits per heavy atom. The van der Waals surface area contributed by atoms with Gasteiger partial charge in [0.1, 0.15) is 0 Å². The number of benzene rings is 1. The van der Waals surface area contributed by atoms with E-state index in [1.54, 1.807) is 12.1 Å². The molecular formula is C12H10Cl. The summed E-state index contributed by atoms with van der Waals surface area (Å²) < 4.78 is 0. The zero-order chi connectivity index (χ0) is 9.84. The second-order valence-electron chi connectivity index (χ2n) is 2.76. The van der Waals surface area contributed by atoms with Crippen molar-refractivity contribution in [3.8, 4) is 12.3 Å². The maximum atomic E-state index is 5.89. The Hall–Kier alpha value is -1.19. The van der Waals surface area contributed by atoms with Crippen molar-refractivity contribution < 1.29 is 0 Å². The highest BCUT2D eigenvalue weighted by molar-refractivity contribution is 6.30. The van der Waals surface area contributed by atoms with Crippen LogP contribution < -0.4 is 0 Å². The molecule has 0 fully saturated rings. The maximum Gasteiger partial charge on any atom is 0.0421 e. The molecule has 0 aromatic heterocycles. The lowest BCUT2D eigenvalue weighted by molar-refractivity contribution is 1.25. The van der Waals surface area contributed by atoms with Gasteiger partial charge in [0.05, 0.1) is 0 Å². The van der Waals surface area contributed by atoms with E-state index < -0.39 is 0 Å². The van der Waals surface area contributed by atoms with Gasteiger partial charge in [-0.1, -0.05) is 30.5 Å². The van der Waals surface area contributed by atoms with Gasteiger partial charge in [-0.15, -0.1) is 13.0 Å². The molecule has 0 heterocycles. The molecule has 0 amide bonds. The summed E-state index contributed by atoms with van der Waals surface area (Å²) in [5.74, 6) is 3.62.